The Balaban J connectivity index is 0.00000364. The molecule has 6 nitrogen and oxygen atoms in total. The van der Waals surface area contributed by atoms with E-state index in [-0.39, 0.29) is 41.2 Å². The summed E-state index contributed by atoms with van der Waals surface area (Å²) < 4.78 is 41.7. The summed E-state index contributed by atoms with van der Waals surface area (Å²) in [5.41, 5.74) is 6.19. The third kappa shape index (κ3) is 8.80. The highest BCUT2D eigenvalue weighted by Gasteiger charge is 2.30. The van der Waals surface area contributed by atoms with Crippen molar-refractivity contribution < 1.29 is 17.9 Å². The molecule has 0 aliphatic rings. The SMILES string of the molecule is I.NC(=NCCCCn1ccccc1=O)Nc1ccc(OC(F)(F)F)cc1. The quantitative estimate of drug-likeness (QED) is 0.266. The summed E-state index contributed by atoms with van der Waals surface area (Å²) in [4.78, 5) is 15.7. The van der Waals surface area contributed by atoms with Crippen LogP contribution in [0.3, 0.4) is 0 Å². The van der Waals surface area contributed by atoms with Gasteiger partial charge in [-0.2, -0.15) is 0 Å². The Morgan fingerprint density at radius 3 is 2.48 bits per heavy atom. The number of rotatable bonds is 7. The Morgan fingerprint density at radius 2 is 1.85 bits per heavy atom. The van der Waals surface area contributed by atoms with Crippen LogP contribution >= 0.6 is 24.0 Å². The zero-order valence-electron chi connectivity index (χ0n) is 14.3. The van der Waals surface area contributed by atoms with Gasteiger partial charge in [0.1, 0.15) is 5.75 Å². The predicted molar refractivity (Wildman–Crippen MR) is 109 cm³/mol. The summed E-state index contributed by atoms with van der Waals surface area (Å²) in [7, 11) is 0. The number of anilines is 1. The van der Waals surface area contributed by atoms with E-state index in [1.807, 2.05) is 0 Å². The van der Waals surface area contributed by atoms with Gasteiger partial charge >= 0.3 is 6.36 Å². The molecule has 1 aromatic carbocycles. The van der Waals surface area contributed by atoms with E-state index in [0.29, 0.717) is 18.8 Å². The third-order valence-corrected chi connectivity index (χ3v) is 3.35. The Morgan fingerprint density at radius 1 is 1.15 bits per heavy atom. The van der Waals surface area contributed by atoms with Gasteiger partial charge in [0.05, 0.1) is 0 Å². The minimum atomic E-state index is -4.72. The van der Waals surface area contributed by atoms with Crippen molar-refractivity contribution >= 4 is 35.6 Å². The smallest absolute Gasteiger partial charge is 0.406 e. The number of alkyl halides is 3. The summed E-state index contributed by atoms with van der Waals surface area (Å²) in [5, 5.41) is 2.79. The number of pyridine rings is 1. The minimum Gasteiger partial charge on any atom is -0.406 e. The van der Waals surface area contributed by atoms with Gasteiger partial charge in [0.25, 0.3) is 0 Å². The molecule has 0 saturated carbocycles. The van der Waals surface area contributed by atoms with E-state index in [1.54, 1.807) is 22.9 Å². The second kappa shape index (κ2) is 10.8. The van der Waals surface area contributed by atoms with Crippen LogP contribution in [0.1, 0.15) is 12.8 Å². The maximum absolute atomic E-state index is 12.1. The molecule has 148 valence electrons. The number of nitrogens with two attached hydrogens (primary N) is 1. The van der Waals surface area contributed by atoms with Crippen LogP contribution in [-0.2, 0) is 6.54 Å². The molecule has 0 amide bonds. The van der Waals surface area contributed by atoms with E-state index in [1.165, 1.54) is 30.3 Å². The van der Waals surface area contributed by atoms with Gasteiger partial charge in [0, 0.05) is 31.0 Å². The molecule has 0 unspecified atom stereocenters. The first-order chi connectivity index (χ1) is 12.3. The van der Waals surface area contributed by atoms with Crippen molar-refractivity contribution in [3.8, 4) is 5.75 Å². The average molecular weight is 496 g/mol. The van der Waals surface area contributed by atoms with Gasteiger partial charge in [0.2, 0.25) is 5.56 Å². The maximum Gasteiger partial charge on any atom is 0.573 e. The van der Waals surface area contributed by atoms with Crippen LogP contribution < -0.4 is 21.3 Å². The van der Waals surface area contributed by atoms with Gasteiger partial charge in [-0.05, 0) is 43.2 Å². The lowest BCUT2D eigenvalue weighted by Crippen LogP contribution is -2.23. The summed E-state index contributed by atoms with van der Waals surface area (Å²) in [6.07, 6.45) is -1.49. The number of hydrogen-bond acceptors (Lipinski definition) is 3. The number of ether oxygens (including phenoxy) is 1. The molecular weight excluding hydrogens is 476 g/mol. The molecule has 0 atom stereocenters. The average Bonchev–Trinajstić information content (AvgIpc) is 2.56. The van der Waals surface area contributed by atoms with Gasteiger partial charge in [0.15, 0.2) is 5.96 Å². The zero-order chi connectivity index (χ0) is 19.0. The Labute approximate surface area is 171 Å². The van der Waals surface area contributed by atoms with Crippen molar-refractivity contribution in [2.75, 3.05) is 11.9 Å². The normalized spacial score (nSPS) is 11.6. The first-order valence-electron chi connectivity index (χ1n) is 7.92. The molecule has 3 N–H and O–H groups in total. The number of benzene rings is 1. The van der Waals surface area contributed by atoms with Crippen molar-refractivity contribution in [1.82, 2.24) is 4.57 Å². The monoisotopic (exact) mass is 496 g/mol. The number of aryl methyl sites for hydroxylation is 1. The van der Waals surface area contributed by atoms with E-state index in [2.05, 4.69) is 15.0 Å². The molecule has 0 saturated heterocycles. The number of unbranched alkanes of at least 4 members (excludes halogenated alkanes) is 1. The molecule has 10 heteroatoms. The molecule has 1 heterocycles. The number of hydrogen-bond donors (Lipinski definition) is 2. The van der Waals surface area contributed by atoms with Crippen LogP contribution in [0.2, 0.25) is 0 Å². The van der Waals surface area contributed by atoms with Crippen molar-refractivity contribution in [2.24, 2.45) is 10.7 Å². The molecule has 1 aromatic heterocycles. The standard InChI is InChI=1S/C17H19F3N4O2.HI/c18-17(19,20)26-14-8-6-13(7-9-14)23-16(21)22-10-2-4-12-24-11-3-1-5-15(24)25;/h1,3,5-9,11H,2,4,10,12H2,(H3,21,22,23);1H. The zero-order valence-corrected chi connectivity index (χ0v) is 16.6. The molecule has 0 spiro atoms. The Kier molecular flexibility index (Phi) is 9.12. The fourth-order valence-corrected chi connectivity index (χ4v) is 2.17. The van der Waals surface area contributed by atoms with E-state index >= 15 is 0 Å². The summed E-state index contributed by atoms with van der Waals surface area (Å²) in [5.74, 6) is -0.152. The number of aliphatic imine (C=N–C) groups is 1. The lowest BCUT2D eigenvalue weighted by Gasteiger charge is -2.10. The number of aromatic nitrogens is 1. The predicted octanol–water partition coefficient (Wildman–Crippen LogP) is 3.57. The third-order valence-electron chi connectivity index (χ3n) is 3.35. The number of nitrogens with one attached hydrogen (secondary N) is 1. The van der Waals surface area contributed by atoms with E-state index in [4.69, 9.17) is 5.73 Å². The minimum absolute atomic E-state index is 0. The Bertz CT molecular complexity index is 792. The highest BCUT2D eigenvalue weighted by molar-refractivity contribution is 14.0. The molecule has 0 fully saturated rings. The summed E-state index contributed by atoms with van der Waals surface area (Å²) in [6, 6.07) is 10.2. The van der Waals surface area contributed by atoms with Crippen molar-refractivity contribution in [3.05, 3.63) is 59.0 Å². The fraction of sp³-hybridized carbons (Fsp3) is 0.294. The highest BCUT2D eigenvalue weighted by Crippen LogP contribution is 2.23. The van der Waals surface area contributed by atoms with Gasteiger partial charge in [-0.1, -0.05) is 6.07 Å². The highest BCUT2D eigenvalue weighted by atomic mass is 127. The molecule has 2 aromatic rings. The first-order valence-corrected chi connectivity index (χ1v) is 7.92. The largest absolute Gasteiger partial charge is 0.573 e. The van der Waals surface area contributed by atoms with Crippen LogP contribution in [0.5, 0.6) is 5.75 Å². The van der Waals surface area contributed by atoms with Crippen molar-refractivity contribution in [2.45, 2.75) is 25.7 Å². The first kappa shape index (κ1) is 22.8. The number of halogens is 4. The van der Waals surface area contributed by atoms with Gasteiger partial charge in [-0.25, -0.2) is 0 Å². The van der Waals surface area contributed by atoms with Crippen molar-refractivity contribution in [1.29, 1.82) is 0 Å². The van der Waals surface area contributed by atoms with Crippen LogP contribution in [0.15, 0.2) is 58.4 Å². The maximum atomic E-state index is 12.1. The molecule has 0 radical (unpaired) electrons. The molecule has 0 aliphatic carbocycles. The summed E-state index contributed by atoms with van der Waals surface area (Å²) >= 11 is 0. The molecular formula is C17H20F3IN4O2. The molecule has 0 bridgehead atoms. The van der Waals surface area contributed by atoms with Crippen LogP contribution in [-0.4, -0.2) is 23.4 Å². The van der Waals surface area contributed by atoms with E-state index < -0.39 is 6.36 Å². The lowest BCUT2D eigenvalue weighted by molar-refractivity contribution is -0.274. The molecule has 2 rings (SSSR count). The van der Waals surface area contributed by atoms with Crippen LogP contribution in [0, 0.1) is 0 Å². The Hall–Kier alpha value is -2.24. The topological polar surface area (TPSA) is 81.6 Å². The van der Waals surface area contributed by atoms with Crippen LogP contribution in [0.25, 0.3) is 0 Å². The van der Waals surface area contributed by atoms with Crippen LogP contribution in [0.4, 0.5) is 18.9 Å². The second-order valence-electron chi connectivity index (χ2n) is 5.40. The number of guanidine groups is 1. The van der Waals surface area contributed by atoms with E-state index in [9.17, 15) is 18.0 Å². The van der Waals surface area contributed by atoms with Gasteiger partial charge < -0.3 is 20.4 Å². The lowest BCUT2D eigenvalue weighted by atomic mass is 10.3. The molecule has 27 heavy (non-hydrogen) atoms. The van der Waals surface area contributed by atoms with Crippen molar-refractivity contribution in [3.63, 3.8) is 0 Å². The van der Waals surface area contributed by atoms with Gasteiger partial charge in [-0.3, -0.25) is 9.79 Å². The number of nitrogens with zero attached hydrogens (tertiary/aromatic N) is 2. The second-order valence-corrected chi connectivity index (χ2v) is 5.40. The van der Waals surface area contributed by atoms with E-state index in [0.717, 1.165) is 12.8 Å². The van der Waals surface area contributed by atoms with Gasteiger partial charge in [-0.15, -0.1) is 37.1 Å². The molecule has 0 aliphatic heterocycles. The summed E-state index contributed by atoms with van der Waals surface area (Å²) in [6.45, 7) is 1.07. The fourth-order valence-electron chi connectivity index (χ4n) is 2.17.